The second kappa shape index (κ2) is 11.5. The lowest BCUT2D eigenvalue weighted by Crippen LogP contribution is -2.56. The average Bonchev–Trinajstić information content (AvgIpc) is 3.15. The minimum atomic E-state index is -5.13. The van der Waals surface area contributed by atoms with Gasteiger partial charge >= 0.3 is 18.1 Å². The van der Waals surface area contributed by atoms with Crippen molar-refractivity contribution in [3.8, 4) is 0 Å². The van der Waals surface area contributed by atoms with Crippen molar-refractivity contribution >= 4 is 17.8 Å². The maximum Gasteiger partial charge on any atom is 0.471 e. The summed E-state index contributed by atoms with van der Waals surface area (Å²) in [6.07, 6.45) is 6.07. The van der Waals surface area contributed by atoms with Gasteiger partial charge in [0.2, 0.25) is 5.91 Å². The van der Waals surface area contributed by atoms with E-state index in [1.54, 1.807) is 52.1 Å². The molecule has 0 bridgehead atoms. The lowest BCUT2D eigenvalue weighted by molar-refractivity contribution is -0.175. The Morgan fingerprint density at radius 1 is 1.10 bits per heavy atom. The molecule has 5 radical (unpaired) electrons. The average molecular weight is 443 g/mol. The number of esters is 1. The fourth-order valence-corrected chi connectivity index (χ4v) is 2.61. The molecule has 31 heavy (non-hydrogen) atoms. The predicted molar refractivity (Wildman–Crippen MR) is 109 cm³/mol. The lowest BCUT2D eigenvalue weighted by Gasteiger charge is -2.28. The van der Waals surface area contributed by atoms with Gasteiger partial charge in [0.05, 0.1) is 0 Å². The SMILES string of the molecule is CC[C@H](C)[C@H](NC(=O)C(F)(F)F)C(=O)N[C@H](C/C=C/[C]1[CH][CH][CH][CH]1)C(=O)OC(C)(C)C. The molecule has 0 aromatic heterocycles. The molecule has 1 rings (SSSR count). The highest BCUT2D eigenvalue weighted by Crippen LogP contribution is 2.24. The summed E-state index contributed by atoms with van der Waals surface area (Å²) in [5, 5.41) is 4.18. The van der Waals surface area contributed by atoms with Gasteiger partial charge in [0.15, 0.2) is 0 Å². The van der Waals surface area contributed by atoms with Crippen LogP contribution >= 0.6 is 0 Å². The monoisotopic (exact) mass is 443 g/mol. The minimum Gasteiger partial charge on any atom is -0.458 e. The Morgan fingerprint density at radius 3 is 2.16 bits per heavy atom. The number of carbonyl (C=O) groups excluding carboxylic acids is 3. The van der Waals surface area contributed by atoms with Crippen molar-refractivity contribution in [3.63, 3.8) is 0 Å². The first-order chi connectivity index (χ1) is 14.2. The van der Waals surface area contributed by atoms with Crippen LogP contribution in [0, 0.1) is 37.5 Å². The molecule has 0 heterocycles. The van der Waals surface area contributed by atoms with E-state index >= 15 is 0 Å². The van der Waals surface area contributed by atoms with Crippen LogP contribution in [0.25, 0.3) is 0 Å². The summed E-state index contributed by atoms with van der Waals surface area (Å²) in [5.41, 5.74) is -0.823. The molecule has 1 saturated carbocycles. The molecule has 9 heteroatoms. The van der Waals surface area contributed by atoms with Crippen molar-refractivity contribution in [2.75, 3.05) is 0 Å². The first-order valence-corrected chi connectivity index (χ1v) is 10.0. The molecular weight excluding hydrogens is 413 g/mol. The molecule has 0 spiro atoms. The van der Waals surface area contributed by atoms with Crippen molar-refractivity contribution in [1.82, 2.24) is 10.6 Å². The van der Waals surface area contributed by atoms with Crippen LogP contribution in [-0.4, -0.2) is 41.6 Å². The Morgan fingerprint density at radius 2 is 1.68 bits per heavy atom. The summed E-state index contributed by atoms with van der Waals surface area (Å²) >= 11 is 0. The molecule has 0 aromatic rings. The molecule has 2 N–H and O–H groups in total. The molecular formula is C22H30F3N2O4. The minimum absolute atomic E-state index is 0.0618. The van der Waals surface area contributed by atoms with E-state index in [0.29, 0.717) is 6.42 Å². The van der Waals surface area contributed by atoms with Gasteiger partial charge in [-0.05, 0) is 58.8 Å². The summed E-state index contributed by atoms with van der Waals surface area (Å²) in [6.45, 7) is 8.21. The van der Waals surface area contributed by atoms with E-state index in [1.165, 1.54) is 0 Å². The zero-order valence-corrected chi connectivity index (χ0v) is 18.4. The Bertz CT molecular complexity index is 650. The zero-order valence-electron chi connectivity index (χ0n) is 18.4. The lowest BCUT2D eigenvalue weighted by atomic mass is 9.97. The van der Waals surface area contributed by atoms with Gasteiger partial charge in [-0.15, -0.1) is 0 Å². The molecule has 0 aliphatic heterocycles. The summed E-state index contributed by atoms with van der Waals surface area (Å²) < 4.78 is 43.4. The number of rotatable bonds is 9. The Kier molecular flexibility index (Phi) is 10.0. The second-order valence-electron chi connectivity index (χ2n) is 8.29. The van der Waals surface area contributed by atoms with Crippen LogP contribution in [0.2, 0.25) is 0 Å². The molecule has 1 aliphatic carbocycles. The summed E-state index contributed by atoms with van der Waals surface area (Å²) in [6, 6.07) is -2.59. The smallest absolute Gasteiger partial charge is 0.458 e. The molecule has 0 saturated heterocycles. The van der Waals surface area contributed by atoms with Crippen molar-refractivity contribution in [3.05, 3.63) is 43.8 Å². The van der Waals surface area contributed by atoms with Crippen LogP contribution in [-0.2, 0) is 19.1 Å². The second-order valence-corrected chi connectivity index (χ2v) is 8.29. The third-order valence-electron chi connectivity index (χ3n) is 4.42. The number of ether oxygens (including phenoxy) is 1. The van der Waals surface area contributed by atoms with Gasteiger partial charge < -0.3 is 15.4 Å². The quantitative estimate of drug-likeness (QED) is 0.536. The summed E-state index contributed by atoms with van der Waals surface area (Å²) in [7, 11) is 0. The Balaban J connectivity index is 2.96. The fraction of sp³-hybridized carbons (Fsp3) is 0.545. The highest BCUT2D eigenvalue weighted by atomic mass is 19.4. The molecule has 2 amide bonds. The van der Waals surface area contributed by atoms with Crippen LogP contribution in [0.5, 0.6) is 0 Å². The molecule has 0 aromatic carbocycles. The fourth-order valence-electron chi connectivity index (χ4n) is 2.61. The van der Waals surface area contributed by atoms with Gasteiger partial charge in [-0.3, -0.25) is 9.59 Å². The van der Waals surface area contributed by atoms with Gasteiger partial charge in [-0.2, -0.15) is 13.2 Å². The number of alkyl halides is 3. The third kappa shape index (κ3) is 9.74. The van der Waals surface area contributed by atoms with E-state index in [4.69, 9.17) is 4.74 Å². The van der Waals surface area contributed by atoms with E-state index in [9.17, 15) is 27.6 Å². The number of amides is 2. The van der Waals surface area contributed by atoms with E-state index in [2.05, 4.69) is 5.32 Å². The van der Waals surface area contributed by atoms with Crippen LogP contribution in [0.15, 0.2) is 12.2 Å². The van der Waals surface area contributed by atoms with Crippen molar-refractivity contribution in [2.24, 2.45) is 5.92 Å². The van der Waals surface area contributed by atoms with E-state index in [0.717, 1.165) is 5.92 Å². The summed E-state index contributed by atoms with van der Waals surface area (Å²) in [5.74, 6) is -3.52. The molecule has 1 aliphatic rings. The highest BCUT2D eigenvalue weighted by Gasteiger charge is 2.42. The number of halogens is 3. The van der Waals surface area contributed by atoms with Gasteiger partial charge in [-0.1, -0.05) is 32.4 Å². The van der Waals surface area contributed by atoms with Crippen LogP contribution < -0.4 is 10.6 Å². The van der Waals surface area contributed by atoms with Crippen molar-refractivity contribution in [1.29, 1.82) is 0 Å². The zero-order chi connectivity index (χ0) is 23.8. The van der Waals surface area contributed by atoms with Gasteiger partial charge in [0.1, 0.15) is 17.7 Å². The molecule has 6 nitrogen and oxygen atoms in total. The van der Waals surface area contributed by atoms with Crippen molar-refractivity contribution in [2.45, 2.75) is 71.3 Å². The topological polar surface area (TPSA) is 84.5 Å². The predicted octanol–water partition coefficient (Wildman–Crippen LogP) is 3.26. The Labute approximate surface area is 182 Å². The molecule has 173 valence electrons. The standard InChI is InChI=1S/C22H30F3N2O4/c1-6-14(2)17(27-20(30)22(23,24)25)18(28)26-16(19(29)31-21(3,4)5)13-9-12-15-10-7-8-11-15/h7-12,14,16-17H,6,13H2,1-5H3,(H,26,28)(H,27,30)/b12-9+/t14-,16+,17-/m0/s1. The summed E-state index contributed by atoms with van der Waals surface area (Å²) in [4.78, 5) is 36.7. The molecule has 1 fully saturated rings. The van der Waals surface area contributed by atoms with Crippen LogP contribution in [0.1, 0.15) is 47.5 Å². The van der Waals surface area contributed by atoms with Gasteiger partial charge in [0, 0.05) is 5.92 Å². The van der Waals surface area contributed by atoms with E-state index < -0.39 is 47.6 Å². The van der Waals surface area contributed by atoms with Crippen LogP contribution in [0.4, 0.5) is 13.2 Å². The third-order valence-corrected chi connectivity index (χ3v) is 4.42. The molecule has 3 atom stereocenters. The number of hydrogen-bond donors (Lipinski definition) is 2. The van der Waals surface area contributed by atoms with Crippen molar-refractivity contribution < 1.29 is 32.3 Å². The normalized spacial score (nSPS) is 18.5. The first-order valence-electron chi connectivity index (χ1n) is 10.0. The largest absolute Gasteiger partial charge is 0.471 e. The van der Waals surface area contributed by atoms with Crippen LogP contribution in [0.3, 0.4) is 0 Å². The molecule has 0 unspecified atom stereocenters. The number of carbonyl (C=O) groups is 3. The number of nitrogens with one attached hydrogen (secondary N) is 2. The maximum atomic E-state index is 12.8. The highest BCUT2D eigenvalue weighted by molar-refractivity contribution is 5.92. The Hall–Kier alpha value is -2.06. The van der Waals surface area contributed by atoms with Gasteiger partial charge in [0.25, 0.3) is 0 Å². The maximum absolute atomic E-state index is 12.8. The van der Waals surface area contributed by atoms with Gasteiger partial charge in [-0.25, -0.2) is 4.79 Å². The number of allylic oxidation sites excluding steroid dienone is 1. The first kappa shape index (κ1) is 27.0. The van der Waals surface area contributed by atoms with E-state index in [-0.39, 0.29) is 6.42 Å². The van der Waals surface area contributed by atoms with E-state index in [1.807, 2.05) is 25.7 Å². The number of hydrogen-bond acceptors (Lipinski definition) is 4.